The van der Waals surface area contributed by atoms with Gasteiger partial charge in [-0.05, 0) is 102 Å². The Morgan fingerprint density at radius 2 is 0.684 bits per heavy atom. The van der Waals surface area contributed by atoms with Gasteiger partial charge < -0.3 is 0 Å². The number of rotatable bonds is 6. The second kappa shape index (κ2) is 12.3. The van der Waals surface area contributed by atoms with Crippen LogP contribution in [0.3, 0.4) is 0 Å². The summed E-state index contributed by atoms with van der Waals surface area (Å²) in [6.07, 6.45) is 0. The quantitative estimate of drug-likeness (QED) is 0.281. The topological polar surface area (TPSA) is 40.6 Å². The average Bonchev–Trinajstić information content (AvgIpc) is 2.83. The molecule has 0 saturated heterocycles. The molecule has 0 fully saturated rings. The van der Waals surface area contributed by atoms with Crippen molar-refractivity contribution in [2.24, 2.45) is 0 Å². The first-order chi connectivity index (χ1) is 17.9. The highest BCUT2D eigenvalue weighted by molar-refractivity contribution is 7.72. The van der Waals surface area contributed by atoms with Crippen molar-refractivity contribution in [2.45, 2.75) is 79.6 Å². The van der Waals surface area contributed by atoms with Gasteiger partial charge in [0.1, 0.15) is 0 Å². The van der Waals surface area contributed by atoms with Crippen LogP contribution in [-0.4, -0.2) is 33.5 Å². The Morgan fingerprint density at radius 1 is 0.474 bits per heavy atom. The summed E-state index contributed by atoms with van der Waals surface area (Å²) in [6.45, 7) is 16.0. The Morgan fingerprint density at radius 3 is 0.868 bits per heavy atom. The smallest absolute Gasteiger partial charge is 0.278 e. The first-order valence-corrected chi connectivity index (χ1v) is 16.3. The Labute approximate surface area is 229 Å². The Balaban J connectivity index is 2.41. The normalized spacial score (nSPS) is 20.4. The number of hydrogen-bond donors (Lipinski definition) is 0. The van der Waals surface area contributed by atoms with Gasteiger partial charge in [0.2, 0.25) is 0 Å². The van der Waals surface area contributed by atoms with E-state index in [1.807, 2.05) is 113 Å². The van der Waals surface area contributed by atoms with Gasteiger partial charge in [-0.3, -0.25) is 9.13 Å². The first kappa shape index (κ1) is 29.6. The molecule has 0 aliphatic carbocycles. The van der Waals surface area contributed by atoms with E-state index >= 15 is 0 Å². The second-order valence-electron chi connectivity index (χ2n) is 10.3. The van der Waals surface area contributed by atoms with Gasteiger partial charge in [-0.2, -0.15) is 0 Å². The van der Waals surface area contributed by atoms with E-state index in [1.54, 1.807) is 0 Å². The van der Waals surface area contributed by atoms with Gasteiger partial charge in [0.05, 0.1) is 0 Å². The molecule has 0 bridgehead atoms. The monoisotopic (exact) mass is 542 g/mol. The van der Waals surface area contributed by atoms with Gasteiger partial charge in [-0.1, -0.05) is 47.9 Å². The van der Waals surface area contributed by atoms with E-state index in [2.05, 4.69) is 46.3 Å². The van der Waals surface area contributed by atoms with Crippen LogP contribution < -0.4 is 0 Å². The van der Waals surface area contributed by atoms with Gasteiger partial charge in [-0.25, -0.2) is 9.34 Å². The highest BCUT2D eigenvalue weighted by Gasteiger charge is 2.33. The van der Waals surface area contributed by atoms with E-state index in [0.29, 0.717) is 22.3 Å². The van der Waals surface area contributed by atoms with Crippen molar-refractivity contribution < 1.29 is 9.13 Å². The van der Waals surface area contributed by atoms with Crippen molar-refractivity contribution in [1.29, 1.82) is 0 Å². The zero-order chi connectivity index (χ0) is 28.1. The van der Waals surface area contributed by atoms with Crippen molar-refractivity contribution in [1.82, 2.24) is 9.34 Å². The van der Waals surface area contributed by atoms with Gasteiger partial charge >= 0.3 is 0 Å². The summed E-state index contributed by atoms with van der Waals surface area (Å²) in [7, 11) is -6.88. The summed E-state index contributed by atoms with van der Waals surface area (Å²) in [6, 6.07) is 14.7. The molecule has 0 unspecified atom stereocenters. The fraction of sp³-hybridized carbons (Fsp3) is 0.375. The van der Waals surface area contributed by atoms with Crippen LogP contribution in [-0.2, 0) is 9.13 Å². The molecule has 0 atom stereocenters. The van der Waals surface area contributed by atoms with Crippen LogP contribution in [0.5, 0.6) is 0 Å². The largest absolute Gasteiger partial charge is 0.290 e. The van der Waals surface area contributed by atoms with Crippen molar-refractivity contribution >= 4 is 14.6 Å². The number of nitrogens with zero attached hydrogens (tertiary/aromatic N) is 2. The summed E-state index contributed by atoms with van der Waals surface area (Å²) in [5, 5.41) is 0. The van der Waals surface area contributed by atoms with Crippen LogP contribution in [0, 0.1) is 46.3 Å². The molecule has 0 aromatic heterocycles. The van der Waals surface area contributed by atoms with Crippen molar-refractivity contribution in [2.75, 3.05) is 0 Å². The second-order valence-corrected chi connectivity index (χ2v) is 14.4. The van der Waals surface area contributed by atoms with Gasteiger partial charge in [0.15, 0.2) is 0 Å². The van der Waals surface area contributed by atoms with E-state index in [1.165, 1.54) is 0 Å². The molecule has 2 aromatic carbocycles. The number of benzene rings is 2. The van der Waals surface area contributed by atoms with Crippen LogP contribution >= 0.6 is 14.6 Å². The third-order valence-electron chi connectivity index (χ3n) is 5.99. The standard InChI is InChI=1S/C32H36N2O2P2/c1-25(2)33(26(3)4)37(35)21-17-29-13-9-11-15-31(29)19-23-38(36,34(27(5)6)28(7)8)24-20-32-16-12-10-14-30(32)18-22-37/h9-16,25-28H,1-8H3. The molecule has 2 aromatic rings. The Hall–Kier alpha value is -2.94. The zero-order valence-corrected chi connectivity index (χ0v) is 25.3. The maximum Gasteiger partial charge on any atom is 0.290 e. The molecule has 0 saturated carbocycles. The lowest BCUT2D eigenvalue weighted by atomic mass is 10.1. The highest BCUT2D eigenvalue weighted by Crippen LogP contribution is 2.52. The van der Waals surface area contributed by atoms with Gasteiger partial charge in [0, 0.05) is 46.4 Å². The molecular formula is C32H36N2O2P2. The Kier molecular flexibility index (Phi) is 9.57. The molecule has 1 aliphatic rings. The summed E-state index contributed by atoms with van der Waals surface area (Å²) < 4.78 is 32.6. The molecule has 1 heterocycles. The van der Waals surface area contributed by atoms with Crippen LogP contribution in [0.1, 0.15) is 77.6 Å². The summed E-state index contributed by atoms with van der Waals surface area (Å²) in [5.74, 6) is 12.5. The van der Waals surface area contributed by atoms with Crippen LogP contribution in [0.25, 0.3) is 0 Å². The van der Waals surface area contributed by atoms with E-state index in [9.17, 15) is 9.13 Å². The molecule has 0 spiro atoms. The molecule has 0 N–H and O–H groups in total. The predicted octanol–water partition coefficient (Wildman–Crippen LogP) is 7.43. The van der Waals surface area contributed by atoms with Crippen LogP contribution in [0.2, 0.25) is 0 Å². The minimum atomic E-state index is -3.44. The molecule has 6 heteroatoms. The number of fused-ring (bicyclic) bond motifs is 2. The lowest BCUT2D eigenvalue weighted by Crippen LogP contribution is -2.33. The Bertz CT molecular complexity index is 1320. The minimum absolute atomic E-state index is 0.0303. The van der Waals surface area contributed by atoms with Crippen molar-refractivity contribution in [3.63, 3.8) is 0 Å². The third kappa shape index (κ3) is 6.73. The molecule has 0 radical (unpaired) electrons. The average molecular weight is 543 g/mol. The number of hydrogen-bond acceptors (Lipinski definition) is 2. The molecule has 3 rings (SSSR count). The molecular weight excluding hydrogens is 506 g/mol. The van der Waals surface area contributed by atoms with E-state index < -0.39 is 14.6 Å². The van der Waals surface area contributed by atoms with Crippen molar-refractivity contribution in [3.8, 4) is 46.3 Å². The molecule has 196 valence electrons. The van der Waals surface area contributed by atoms with Gasteiger partial charge in [0.25, 0.3) is 14.6 Å². The van der Waals surface area contributed by atoms with Crippen molar-refractivity contribution in [3.05, 3.63) is 70.8 Å². The highest BCUT2D eigenvalue weighted by atomic mass is 31.2. The summed E-state index contributed by atoms with van der Waals surface area (Å²) in [4.78, 5) is 0. The van der Waals surface area contributed by atoms with E-state index in [0.717, 1.165) is 0 Å². The zero-order valence-electron chi connectivity index (χ0n) is 23.5. The summed E-state index contributed by atoms with van der Waals surface area (Å²) >= 11 is 0. The summed E-state index contributed by atoms with van der Waals surface area (Å²) in [5.41, 5.74) is 14.7. The SMILES string of the molecule is CC(C)N(C(C)C)P1(=O)C#Cc2ccccc2C#CP(=O)(N(C(C)C)C(C)C)C#Cc2ccccc2C#C1. The maximum atomic E-state index is 14.4. The van der Waals surface area contributed by atoms with Crippen LogP contribution in [0.15, 0.2) is 48.5 Å². The fourth-order valence-electron chi connectivity index (χ4n) is 4.73. The van der Waals surface area contributed by atoms with E-state index in [4.69, 9.17) is 0 Å². The molecule has 0 amide bonds. The predicted molar refractivity (Wildman–Crippen MR) is 160 cm³/mol. The fourth-order valence-corrected chi connectivity index (χ4v) is 8.99. The lowest BCUT2D eigenvalue weighted by molar-refractivity contribution is 0.307. The van der Waals surface area contributed by atoms with Gasteiger partial charge in [-0.15, -0.1) is 0 Å². The third-order valence-corrected chi connectivity index (χ3v) is 10.8. The molecule has 1 aliphatic heterocycles. The van der Waals surface area contributed by atoms with Crippen LogP contribution in [0.4, 0.5) is 0 Å². The van der Waals surface area contributed by atoms with E-state index in [-0.39, 0.29) is 24.2 Å². The minimum Gasteiger partial charge on any atom is -0.278 e. The first-order valence-electron chi connectivity index (χ1n) is 13.0. The lowest BCUT2D eigenvalue weighted by Gasteiger charge is -2.32. The maximum absolute atomic E-state index is 14.4. The molecule has 38 heavy (non-hydrogen) atoms. The molecule has 4 nitrogen and oxygen atoms in total.